The highest BCUT2D eigenvalue weighted by Gasteiger charge is 2.04. The van der Waals surface area contributed by atoms with Crippen LogP contribution in [0.25, 0.3) is 0 Å². The van der Waals surface area contributed by atoms with Gasteiger partial charge in [0.25, 0.3) is 0 Å². The minimum Gasteiger partial charge on any atom is -0.493 e. The van der Waals surface area contributed by atoms with Crippen molar-refractivity contribution >= 4 is 17.6 Å². The summed E-state index contributed by atoms with van der Waals surface area (Å²) in [5.74, 6) is 0.919. The first-order valence-corrected chi connectivity index (χ1v) is 6.67. The third-order valence-corrected chi connectivity index (χ3v) is 3.75. The van der Waals surface area contributed by atoms with Gasteiger partial charge in [0.15, 0.2) is 6.29 Å². The van der Waals surface area contributed by atoms with Crippen LogP contribution < -0.4 is 4.74 Å². The highest BCUT2D eigenvalue weighted by molar-refractivity contribution is 7.09. The van der Waals surface area contributed by atoms with E-state index < -0.39 is 0 Å². The summed E-state index contributed by atoms with van der Waals surface area (Å²) >= 11 is 1.49. The van der Waals surface area contributed by atoms with Crippen molar-refractivity contribution in [2.45, 2.75) is 20.3 Å². The van der Waals surface area contributed by atoms with Gasteiger partial charge in [0, 0.05) is 11.8 Å². The van der Waals surface area contributed by atoms with Crippen molar-refractivity contribution in [1.29, 1.82) is 0 Å². The number of rotatable bonds is 5. The number of carbonyl (C=O) groups is 1. The summed E-state index contributed by atoms with van der Waals surface area (Å²) in [6, 6.07) is 6.03. The molecule has 0 aliphatic carbocycles. The van der Waals surface area contributed by atoms with Crippen molar-refractivity contribution in [3.8, 4) is 5.75 Å². The number of thiazole rings is 1. The van der Waals surface area contributed by atoms with Gasteiger partial charge in [-0.1, -0.05) is 12.1 Å². The van der Waals surface area contributed by atoms with Crippen LogP contribution in [0, 0.1) is 13.8 Å². The lowest BCUT2D eigenvalue weighted by atomic mass is 10.1. The first kappa shape index (κ1) is 12.8. The minimum atomic E-state index is 0.502. The third-order valence-electron chi connectivity index (χ3n) is 2.82. The van der Waals surface area contributed by atoms with Gasteiger partial charge in [0.05, 0.1) is 11.6 Å². The molecule has 3 nitrogen and oxygen atoms in total. The summed E-state index contributed by atoms with van der Waals surface area (Å²) < 4.78 is 5.74. The number of nitrogens with zero attached hydrogens (tertiary/aromatic N) is 1. The van der Waals surface area contributed by atoms with Crippen LogP contribution in [-0.2, 0) is 6.42 Å². The average molecular weight is 261 g/mol. The topological polar surface area (TPSA) is 39.2 Å². The summed E-state index contributed by atoms with van der Waals surface area (Å²) in [6.45, 7) is 4.70. The Labute approximate surface area is 110 Å². The van der Waals surface area contributed by atoms with Crippen LogP contribution in [0.3, 0.4) is 0 Å². The SMILES string of the molecule is Cc1cccc(OCCc2nc(C=O)cs2)c1C. The molecule has 94 valence electrons. The minimum absolute atomic E-state index is 0.502. The van der Waals surface area contributed by atoms with E-state index in [1.54, 1.807) is 5.38 Å². The van der Waals surface area contributed by atoms with Gasteiger partial charge < -0.3 is 4.74 Å². The van der Waals surface area contributed by atoms with Crippen molar-refractivity contribution in [1.82, 2.24) is 4.98 Å². The predicted octanol–water partition coefficient (Wildman–Crippen LogP) is 3.19. The lowest BCUT2D eigenvalue weighted by Crippen LogP contribution is -2.03. The molecule has 0 saturated carbocycles. The van der Waals surface area contributed by atoms with Gasteiger partial charge in [-0.2, -0.15) is 0 Å². The fourth-order valence-electron chi connectivity index (χ4n) is 1.62. The smallest absolute Gasteiger partial charge is 0.169 e. The molecule has 18 heavy (non-hydrogen) atoms. The number of aromatic nitrogens is 1. The number of aryl methyl sites for hydroxylation is 1. The molecule has 4 heteroatoms. The monoisotopic (exact) mass is 261 g/mol. The molecule has 0 N–H and O–H groups in total. The highest BCUT2D eigenvalue weighted by atomic mass is 32.1. The molecule has 2 rings (SSSR count). The number of aldehydes is 1. The number of hydrogen-bond acceptors (Lipinski definition) is 4. The summed E-state index contributed by atoms with van der Waals surface area (Å²) in [7, 11) is 0. The van der Waals surface area contributed by atoms with Crippen molar-refractivity contribution < 1.29 is 9.53 Å². The molecule has 0 amide bonds. The van der Waals surface area contributed by atoms with Crippen LogP contribution in [0.1, 0.15) is 26.6 Å². The largest absolute Gasteiger partial charge is 0.493 e. The van der Waals surface area contributed by atoms with Crippen LogP contribution in [0.4, 0.5) is 0 Å². The van der Waals surface area contributed by atoms with Crippen LogP contribution in [0.2, 0.25) is 0 Å². The molecule has 0 bridgehead atoms. The molecule has 1 heterocycles. The fraction of sp³-hybridized carbons (Fsp3) is 0.286. The quantitative estimate of drug-likeness (QED) is 0.776. The van der Waals surface area contributed by atoms with Gasteiger partial charge in [-0.15, -0.1) is 11.3 Å². The third kappa shape index (κ3) is 2.96. The van der Waals surface area contributed by atoms with E-state index in [2.05, 4.69) is 24.9 Å². The number of hydrogen-bond donors (Lipinski definition) is 0. The number of benzene rings is 1. The van der Waals surface area contributed by atoms with Crippen LogP contribution in [0.15, 0.2) is 23.6 Å². The lowest BCUT2D eigenvalue weighted by molar-refractivity contribution is 0.111. The molecule has 0 unspecified atom stereocenters. The van der Waals surface area contributed by atoms with Crippen molar-refractivity contribution in [2.24, 2.45) is 0 Å². The van der Waals surface area contributed by atoms with Gasteiger partial charge in [-0.05, 0) is 31.0 Å². The zero-order chi connectivity index (χ0) is 13.0. The Hall–Kier alpha value is -1.68. The number of carbonyl (C=O) groups excluding carboxylic acids is 1. The molecule has 1 aromatic carbocycles. The first-order chi connectivity index (χ1) is 8.70. The second-order valence-electron chi connectivity index (χ2n) is 4.08. The maximum absolute atomic E-state index is 10.5. The molecule has 0 saturated heterocycles. The maximum Gasteiger partial charge on any atom is 0.169 e. The Morgan fingerprint density at radius 2 is 2.22 bits per heavy atom. The normalized spacial score (nSPS) is 10.3. The summed E-state index contributed by atoms with van der Waals surface area (Å²) in [5, 5.41) is 2.70. The molecule has 1 aromatic heterocycles. The zero-order valence-corrected chi connectivity index (χ0v) is 11.3. The molecular formula is C14H15NO2S. The molecular weight excluding hydrogens is 246 g/mol. The van der Waals surface area contributed by atoms with Gasteiger partial charge >= 0.3 is 0 Å². The Morgan fingerprint density at radius 3 is 2.94 bits per heavy atom. The van der Waals surface area contributed by atoms with Gasteiger partial charge in [0.2, 0.25) is 0 Å². The van der Waals surface area contributed by atoms with Crippen molar-refractivity contribution in [3.63, 3.8) is 0 Å². The van der Waals surface area contributed by atoms with Crippen molar-refractivity contribution in [2.75, 3.05) is 6.61 Å². The van der Waals surface area contributed by atoms with E-state index >= 15 is 0 Å². The molecule has 0 aliphatic heterocycles. The lowest BCUT2D eigenvalue weighted by Gasteiger charge is -2.09. The van der Waals surface area contributed by atoms with Crippen molar-refractivity contribution in [3.05, 3.63) is 45.4 Å². The summed E-state index contributed by atoms with van der Waals surface area (Å²) in [6.07, 6.45) is 1.50. The van der Waals surface area contributed by atoms with Gasteiger partial charge in [-0.25, -0.2) is 4.98 Å². The average Bonchev–Trinajstić information content (AvgIpc) is 2.82. The Bertz CT molecular complexity index is 548. The summed E-state index contributed by atoms with van der Waals surface area (Å²) in [4.78, 5) is 14.7. The van der Waals surface area contributed by atoms with E-state index in [1.165, 1.54) is 22.5 Å². The van der Waals surface area contributed by atoms with E-state index in [-0.39, 0.29) is 0 Å². The Kier molecular flexibility index (Phi) is 4.10. The zero-order valence-electron chi connectivity index (χ0n) is 10.5. The highest BCUT2D eigenvalue weighted by Crippen LogP contribution is 2.20. The fourth-order valence-corrected chi connectivity index (χ4v) is 2.35. The number of ether oxygens (including phenoxy) is 1. The van der Waals surface area contributed by atoms with Gasteiger partial charge in [-0.3, -0.25) is 4.79 Å². The molecule has 0 radical (unpaired) electrons. The molecule has 0 spiro atoms. The molecule has 0 aliphatic rings. The molecule has 2 aromatic rings. The van der Waals surface area contributed by atoms with Gasteiger partial charge in [0.1, 0.15) is 11.4 Å². The van der Waals surface area contributed by atoms with E-state index in [0.29, 0.717) is 12.3 Å². The van der Waals surface area contributed by atoms with Crippen LogP contribution in [-0.4, -0.2) is 17.9 Å². The van der Waals surface area contributed by atoms with E-state index in [1.807, 2.05) is 12.1 Å². The standard InChI is InChI=1S/C14H15NO2S/c1-10-4-3-5-13(11(10)2)17-7-6-14-15-12(8-16)9-18-14/h3-5,8-9H,6-7H2,1-2H3. The Morgan fingerprint density at radius 1 is 1.39 bits per heavy atom. The van der Waals surface area contributed by atoms with Crippen LogP contribution in [0.5, 0.6) is 5.75 Å². The molecule has 0 atom stereocenters. The Balaban J connectivity index is 1.92. The second kappa shape index (κ2) is 5.78. The second-order valence-corrected chi connectivity index (χ2v) is 5.02. The van der Waals surface area contributed by atoms with E-state index in [0.717, 1.165) is 23.5 Å². The van der Waals surface area contributed by atoms with E-state index in [4.69, 9.17) is 4.74 Å². The maximum atomic E-state index is 10.5. The van der Waals surface area contributed by atoms with E-state index in [9.17, 15) is 4.79 Å². The predicted molar refractivity (Wildman–Crippen MR) is 72.6 cm³/mol. The molecule has 0 fully saturated rings. The van der Waals surface area contributed by atoms with Crippen LogP contribution >= 0.6 is 11.3 Å². The summed E-state index contributed by atoms with van der Waals surface area (Å²) in [5.41, 5.74) is 2.90. The first-order valence-electron chi connectivity index (χ1n) is 5.79.